The van der Waals surface area contributed by atoms with E-state index in [-0.39, 0.29) is 24.0 Å². The predicted molar refractivity (Wildman–Crippen MR) is 96.2 cm³/mol. The van der Waals surface area contributed by atoms with Crippen LogP contribution in [0, 0.1) is 5.92 Å². The Morgan fingerprint density at radius 1 is 1.20 bits per heavy atom. The molecule has 2 fully saturated rings. The molecule has 2 aliphatic rings. The fourth-order valence-corrected chi connectivity index (χ4v) is 4.32. The van der Waals surface area contributed by atoms with Gasteiger partial charge in [-0.15, -0.1) is 0 Å². The topological polar surface area (TPSA) is 59.0 Å². The highest BCUT2D eigenvalue weighted by atomic mass is 16.5. The second kappa shape index (κ2) is 8.09. The van der Waals surface area contributed by atoms with Crippen molar-refractivity contribution in [3.05, 3.63) is 23.8 Å². The summed E-state index contributed by atoms with van der Waals surface area (Å²) in [4.78, 5) is 15.1. The lowest BCUT2D eigenvalue weighted by atomic mass is 9.80. The summed E-state index contributed by atoms with van der Waals surface area (Å²) in [5.41, 5.74) is 0.623. The van der Waals surface area contributed by atoms with E-state index in [0.717, 1.165) is 45.1 Å². The molecular formula is C20H29NO4. The molecule has 5 heteroatoms. The molecule has 1 saturated carbocycles. The van der Waals surface area contributed by atoms with Crippen LogP contribution >= 0.6 is 0 Å². The van der Waals surface area contributed by atoms with E-state index in [2.05, 4.69) is 0 Å². The van der Waals surface area contributed by atoms with E-state index in [1.165, 1.54) is 0 Å². The minimum absolute atomic E-state index is 0.0293. The third-order valence-corrected chi connectivity index (χ3v) is 5.55. The van der Waals surface area contributed by atoms with Gasteiger partial charge in [-0.05, 0) is 50.8 Å². The Bertz CT molecular complexity index is 603. The molecule has 1 aromatic carbocycles. The maximum absolute atomic E-state index is 13.1. The SMILES string of the molecule is CCOc1ccc(C(=O)N2CCCC2C2CCCCC2O)cc1OC. The van der Waals surface area contributed by atoms with Crippen LogP contribution in [0.25, 0.3) is 0 Å². The Kier molecular flexibility index (Phi) is 5.84. The molecule has 0 spiro atoms. The van der Waals surface area contributed by atoms with Crippen molar-refractivity contribution < 1.29 is 19.4 Å². The highest BCUT2D eigenvalue weighted by Gasteiger charge is 2.39. The average molecular weight is 347 g/mol. The first kappa shape index (κ1) is 18.1. The standard InChI is InChI=1S/C20H29NO4/c1-3-25-18-11-10-14(13-19(18)24-2)20(23)21-12-6-8-16(21)15-7-4-5-9-17(15)22/h10-11,13,15-17,22H,3-9,12H2,1-2H3. The lowest BCUT2D eigenvalue weighted by Crippen LogP contribution is -2.45. The Morgan fingerprint density at radius 3 is 2.72 bits per heavy atom. The molecule has 1 aromatic rings. The first-order valence-corrected chi connectivity index (χ1v) is 9.45. The van der Waals surface area contributed by atoms with E-state index in [0.29, 0.717) is 23.7 Å². The van der Waals surface area contributed by atoms with Crippen molar-refractivity contribution in [2.75, 3.05) is 20.3 Å². The molecule has 0 bridgehead atoms. The molecule has 25 heavy (non-hydrogen) atoms. The molecular weight excluding hydrogens is 318 g/mol. The second-order valence-electron chi connectivity index (χ2n) is 7.02. The van der Waals surface area contributed by atoms with Gasteiger partial charge in [0, 0.05) is 24.1 Å². The van der Waals surface area contributed by atoms with Crippen molar-refractivity contribution in [1.82, 2.24) is 4.90 Å². The number of carbonyl (C=O) groups excluding carboxylic acids is 1. The van der Waals surface area contributed by atoms with Crippen LogP contribution in [0.15, 0.2) is 18.2 Å². The van der Waals surface area contributed by atoms with Gasteiger partial charge in [-0.3, -0.25) is 4.79 Å². The molecule has 3 unspecified atom stereocenters. The Hall–Kier alpha value is -1.75. The molecule has 5 nitrogen and oxygen atoms in total. The third-order valence-electron chi connectivity index (χ3n) is 5.55. The van der Waals surface area contributed by atoms with E-state index in [1.54, 1.807) is 19.2 Å². The normalized spacial score (nSPS) is 26.5. The maximum atomic E-state index is 13.1. The predicted octanol–water partition coefficient (Wildman–Crippen LogP) is 3.25. The number of methoxy groups -OCH3 is 1. The van der Waals surface area contributed by atoms with Crippen molar-refractivity contribution in [3.8, 4) is 11.5 Å². The van der Waals surface area contributed by atoms with E-state index in [1.807, 2.05) is 17.9 Å². The summed E-state index contributed by atoms with van der Waals surface area (Å²) in [5.74, 6) is 1.48. The number of likely N-dealkylation sites (tertiary alicyclic amines) is 1. The molecule has 138 valence electrons. The number of ether oxygens (including phenoxy) is 2. The van der Waals surface area contributed by atoms with E-state index < -0.39 is 0 Å². The minimum atomic E-state index is -0.276. The quantitative estimate of drug-likeness (QED) is 0.888. The smallest absolute Gasteiger partial charge is 0.254 e. The van der Waals surface area contributed by atoms with Crippen molar-refractivity contribution >= 4 is 5.91 Å². The highest BCUT2D eigenvalue weighted by molar-refractivity contribution is 5.95. The van der Waals surface area contributed by atoms with Gasteiger partial charge in [-0.25, -0.2) is 0 Å². The molecule has 3 rings (SSSR count). The molecule has 1 aliphatic carbocycles. The summed E-state index contributed by atoms with van der Waals surface area (Å²) in [5, 5.41) is 10.4. The molecule has 1 aliphatic heterocycles. The van der Waals surface area contributed by atoms with Crippen molar-refractivity contribution in [2.45, 2.75) is 57.6 Å². The highest BCUT2D eigenvalue weighted by Crippen LogP contribution is 2.36. The second-order valence-corrected chi connectivity index (χ2v) is 7.02. The number of amides is 1. The maximum Gasteiger partial charge on any atom is 0.254 e. The molecule has 1 heterocycles. The van der Waals surface area contributed by atoms with Crippen LogP contribution in [-0.2, 0) is 0 Å². The molecule has 3 atom stereocenters. The first-order chi connectivity index (χ1) is 12.2. The number of hydrogen-bond acceptors (Lipinski definition) is 4. The Labute approximate surface area is 149 Å². The van der Waals surface area contributed by atoms with Crippen LogP contribution in [0.5, 0.6) is 11.5 Å². The van der Waals surface area contributed by atoms with E-state index in [4.69, 9.17) is 9.47 Å². The van der Waals surface area contributed by atoms with Crippen LogP contribution in [-0.4, -0.2) is 48.3 Å². The molecule has 0 aromatic heterocycles. The lowest BCUT2D eigenvalue weighted by molar-refractivity contribution is 0.0211. The van der Waals surface area contributed by atoms with Crippen molar-refractivity contribution in [3.63, 3.8) is 0 Å². The summed E-state index contributed by atoms with van der Waals surface area (Å²) < 4.78 is 10.9. The van der Waals surface area contributed by atoms with Gasteiger partial charge in [0.1, 0.15) is 0 Å². The molecule has 1 N–H and O–H groups in total. The number of aliphatic hydroxyl groups is 1. The molecule has 1 saturated heterocycles. The summed E-state index contributed by atoms with van der Waals surface area (Å²) in [6, 6.07) is 5.53. The van der Waals surface area contributed by atoms with Gasteiger partial charge in [0.2, 0.25) is 0 Å². The summed E-state index contributed by atoms with van der Waals surface area (Å²) in [6.45, 7) is 3.24. The van der Waals surface area contributed by atoms with Gasteiger partial charge in [0.05, 0.1) is 19.8 Å². The third kappa shape index (κ3) is 3.76. The first-order valence-electron chi connectivity index (χ1n) is 9.45. The monoisotopic (exact) mass is 347 g/mol. The largest absolute Gasteiger partial charge is 0.493 e. The van der Waals surface area contributed by atoms with Crippen LogP contribution in [0.4, 0.5) is 0 Å². The number of benzene rings is 1. The van der Waals surface area contributed by atoms with Crippen LogP contribution in [0.1, 0.15) is 55.8 Å². The fraction of sp³-hybridized carbons (Fsp3) is 0.650. The van der Waals surface area contributed by atoms with E-state index >= 15 is 0 Å². The van der Waals surface area contributed by atoms with Crippen molar-refractivity contribution in [2.24, 2.45) is 5.92 Å². The van der Waals surface area contributed by atoms with Crippen molar-refractivity contribution in [1.29, 1.82) is 0 Å². The number of rotatable bonds is 5. The number of hydrogen-bond donors (Lipinski definition) is 1. The zero-order chi connectivity index (χ0) is 17.8. The van der Waals surface area contributed by atoms with Crippen LogP contribution in [0.3, 0.4) is 0 Å². The van der Waals surface area contributed by atoms with Gasteiger partial charge in [0.25, 0.3) is 5.91 Å². The van der Waals surface area contributed by atoms with Crippen LogP contribution < -0.4 is 9.47 Å². The van der Waals surface area contributed by atoms with Gasteiger partial charge >= 0.3 is 0 Å². The zero-order valence-corrected chi connectivity index (χ0v) is 15.2. The minimum Gasteiger partial charge on any atom is -0.493 e. The zero-order valence-electron chi connectivity index (χ0n) is 15.2. The Balaban J connectivity index is 1.79. The van der Waals surface area contributed by atoms with Gasteiger partial charge in [0.15, 0.2) is 11.5 Å². The lowest BCUT2D eigenvalue weighted by Gasteiger charge is -2.37. The van der Waals surface area contributed by atoms with Gasteiger partial charge < -0.3 is 19.5 Å². The molecule has 1 amide bonds. The van der Waals surface area contributed by atoms with Gasteiger partial charge in [-0.2, -0.15) is 0 Å². The Morgan fingerprint density at radius 2 is 2.00 bits per heavy atom. The average Bonchev–Trinajstić information content (AvgIpc) is 3.11. The van der Waals surface area contributed by atoms with Gasteiger partial charge in [-0.1, -0.05) is 12.8 Å². The van der Waals surface area contributed by atoms with E-state index in [9.17, 15) is 9.90 Å². The number of aliphatic hydroxyl groups excluding tert-OH is 1. The summed E-state index contributed by atoms with van der Waals surface area (Å²) >= 11 is 0. The summed E-state index contributed by atoms with van der Waals surface area (Å²) in [7, 11) is 1.59. The number of nitrogens with zero attached hydrogens (tertiary/aromatic N) is 1. The fourth-order valence-electron chi connectivity index (χ4n) is 4.32. The van der Waals surface area contributed by atoms with Crippen LogP contribution in [0.2, 0.25) is 0 Å². The molecule has 0 radical (unpaired) electrons. The number of carbonyl (C=O) groups is 1. The summed E-state index contributed by atoms with van der Waals surface area (Å²) in [6.07, 6.45) is 5.84.